The van der Waals surface area contributed by atoms with Crippen molar-refractivity contribution in [1.82, 2.24) is 0 Å². The summed E-state index contributed by atoms with van der Waals surface area (Å²) in [6.45, 7) is 1.17. The van der Waals surface area contributed by atoms with E-state index in [1.807, 2.05) is 6.07 Å². The molecule has 0 heterocycles. The van der Waals surface area contributed by atoms with Gasteiger partial charge in [0.05, 0.1) is 6.61 Å². The Morgan fingerprint density at radius 2 is 2.36 bits per heavy atom. The van der Waals surface area contributed by atoms with Crippen molar-refractivity contribution in [3.63, 3.8) is 0 Å². The molecule has 1 aromatic rings. The maximum atomic E-state index is 5.25. The lowest BCUT2D eigenvalue weighted by Gasteiger charge is -2.02. The second kappa shape index (κ2) is 4.74. The summed E-state index contributed by atoms with van der Waals surface area (Å²) in [5.41, 5.74) is 0. The molecule has 0 aromatic heterocycles. The Morgan fingerprint density at radius 1 is 1.45 bits per heavy atom. The molecule has 0 bridgehead atoms. The molecule has 58 valence electrons. The van der Waals surface area contributed by atoms with E-state index in [9.17, 15) is 0 Å². The Labute approximate surface area is 66.8 Å². The SMILES string of the molecule is COCCOc1[c]c[c]cc1. The molecule has 0 fully saturated rings. The number of ether oxygens (including phenoxy) is 2. The third kappa shape index (κ3) is 3.05. The van der Waals surface area contributed by atoms with E-state index >= 15 is 0 Å². The van der Waals surface area contributed by atoms with Gasteiger partial charge < -0.3 is 9.47 Å². The van der Waals surface area contributed by atoms with Gasteiger partial charge in [-0.15, -0.1) is 0 Å². The maximum absolute atomic E-state index is 5.25. The Morgan fingerprint density at radius 3 is 3.00 bits per heavy atom. The maximum Gasteiger partial charge on any atom is 0.127 e. The molecule has 0 N–H and O–H groups in total. The van der Waals surface area contributed by atoms with Crippen LogP contribution in [0.1, 0.15) is 0 Å². The first kappa shape index (κ1) is 8.08. The van der Waals surface area contributed by atoms with Crippen LogP contribution in [0.4, 0.5) is 0 Å². The summed E-state index contributed by atoms with van der Waals surface area (Å²) in [5.74, 6) is 0.737. The van der Waals surface area contributed by atoms with Crippen molar-refractivity contribution in [2.45, 2.75) is 0 Å². The Balaban J connectivity index is 2.28. The van der Waals surface area contributed by atoms with Gasteiger partial charge in [-0.2, -0.15) is 0 Å². The molecule has 0 amide bonds. The molecule has 1 rings (SSSR count). The zero-order valence-electron chi connectivity index (χ0n) is 6.46. The zero-order chi connectivity index (χ0) is 7.94. The zero-order valence-corrected chi connectivity index (χ0v) is 6.46. The van der Waals surface area contributed by atoms with Gasteiger partial charge in [-0.05, 0) is 18.2 Å². The number of hydrogen-bond acceptors (Lipinski definition) is 2. The van der Waals surface area contributed by atoms with Crippen LogP contribution in [0.5, 0.6) is 5.75 Å². The van der Waals surface area contributed by atoms with E-state index < -0.39 is 0 Å². The number of methoxy groups -OCH3 is 1. The van der Waals surface area contributed by atoms with Crippen molar-refractivity contribution in [3.8, 4) is 5.75 Å². The van der Waals surface area contributed by atoms with Gasteiger partial charge in [0.1, 0.15) is 12.4 Å². The first-order chi connectivity index (χ1) is 5.43. The van der Waals surface area contributed by atoms with Gasteiger partial charge in [-0.1, -0.05) is 6.07 Å². The van der Waals surface area contributed by atoms with Crippen molar-refractivity contribution in [3.05, 3.63) is 30.3 Å². The van der Waals surface area contributed by atoms with Gasteiger partial charge in [0, 0.05) is 13.2 Å². The normalized spacial score (nSPS) is 9.55. The Bertz CT molecular complexity index is 184. The molecule has 0 aliphatic carbocycles. The lowest BCUT2D eigenvalue weighted by molar-refractivity contribution is 0.146. The monoisotopic (exact) mass is 150 g/mol. The van der Waals surface area contributed by atoms with Gasteiger partial charge >= 0.3 is 0 Å². The molecule has 0 saturated heterocycles. The first-order valence-electron chi connectivity index (χ1n) is 3.43. The van der Waals surface area contributed by atoms with Crippen LogP contribution in [-0.2, 0) is 4.74 Å². The summed E-state index contributed by atoms with van der Waals surface area (Å²) >= 11 is 0. The third-order valence-corrected chi connectivity index (χ3v) is 1.17. The van der Waals surface area contributed by atoms with E-state index in [0.29, 0.717) is 13.2 Å². The standard InChI is InChI=1S/C9H10O2/c1-10-7-8-11-9-5-3-2-4-6-9/h3-5H,7-8H2,1H3. The number of benzene rings is 1. The van der Waals surface area contributed by atoms with E-state index in [0.717, 1.165) is 5.75 Å². The highest BCUT2D eigenvalue weighted by molar-refractivity contribution is 5.18. The average molecular weight is 150 g/mol. The molecule has 1 aromatic carbocycles. The van der Waals surface area contributed by atoms with Gasteiger partial charge in [0.15, 0.2) is 0 Å². The first-order valence-corrected chi connectivity index (χ1v) is 3.43. The van der Waals surface area contributed by atoms with Crippen molar-refractivity contribution in [1.29, 1.82) is 0 Å². The lowest BCUT2D eigenvalue weighted by Crippen LogP contribution is -2.03. The van der Waals surface area contributed by atoms with Crippen LogP contribution in [0.15, 0.2) is 18.2 Å². The van der Waals surface area contributed by atoms with Crippen LogP contribution in [-0.4, -0.2) is 20.3 Å². The van der Waals surface area contributed by atoms with Crippen molar-refractivity contribution >= 4 is 0 Å². The van der Waals surface area contributed by atoms with E-state index in [2.05, 4.69) is 12.1 Å². The van der Waals surface area contributed by atoms with Crippen LogP contribution >= 0.6 is 0 Å². The fraction of sp³-hybridized carbons (Fsp3) is 0.333. The van der Waals surface area contributed by atoms with Gasteiger partial charge in [-0.3, -0.25) is 0 Å². The van der Waals surface area contributed by atoms with Gasteiger partial charge in [-0.25, -0.2) is 0 Å². The summed E-state index contributed by atoms with van der Waals surface area (Å²) in [5, 5.41) is 0. The molecule has 2 radical (unpaired) electrons. The predicted octanol–water partition coefficient (Wildman–Crippen LogP) is 1.31. The van der Waals surface area contributed by atoms with Crippen LogP contribution in [0.2, 0.25) is 0 Å². The van der Waals surface area contributed by atoms with Crippen molar-refractivity contribution in [2.24, 2.45) is 0 Å². The molecule has 11 heavy (non-hydrogen) atoms. The minimum Gasteiger partial charge on any atom is -0.491 e. The second-order valence-electron chi connectivity index (χ2n) is 1.99. The second-order valence-corrected chi connectivity index (χ2v) is 1.99. The lowest BCUT2D eigenvalue weighted by atomic mass is 10.3. The summed E-state index contributed by atoms with van der Waals surface area (Å²) in [6.07, 6.45) is 0. The van der Waals surface area contributed by atoms with E-state index in [1.54, 1.807) is 19.2 Å². The minimum atomic E-state index is 0.566. The molecule has 2 heteroatoms. The molecular formula is C9H10O2. The summed E-state index contributed by atoms with van der Waals surface area (Å²) in [7, 11) is 1.64. The summed E-state index contributed by atoms with van der Waals surface area (Å²) in [6, 6.07) is 11.1. The highest BCUT2D eigenvalue weighted by Gasteiger charge is 1.89. The molecule has 0 atom stereocenters. The molecular weight excluding hydrogens is 140 g/mol. The highest BCUT2D eigenvalue weighted by Crippen LogP contribution is 2.05. The molecule has 0 aliphatic heterocycles. The quantitative estimate of drug-likeness (QED) is 0.602. The fourth-order valence-corrected chi connectivity index (χ4v) is 0.658. The summed E-state index contributed by atoms with van der Waals surface area (Å²) in [4.78, 5) is 0. The van der Waals surface area contributed by atoms with E-state index in [4.69, 9.17) is 9.47 Å². The van der Waals surface area contributed by atoms with Crippen LogP contribution in [0.25, 0.3) is 0 Å². The molecule has 0 saturated carbocycles. The van der Waals surface area contributed by atoms with Crippen molar-refractivity contribution in [2.75, 3.05) is 20.3 Å². The van der Waals surface area contributed by atoms with E-state index in [1.165, 1.54) is 0 Å². The number of hydrogen-bond donors (Lipinski definition) is 0. The van der Waals surface area contributed by atoms with Crippen LogP contribution in [0.3, 0.4) is 0 Å². The Hall–Kier alpha value is -1.02. The van der Waals surface area contributed by atoms with Gasteiger partial charge in [0.2, 0.25) is 0 Å². The number of rotatable bonds is 4. The molecule has 0 unspecified atom stereocenters. The fourth-order valence-electron chi connectivity index (χ4n) is 0.658. The van der Waals surface area contributed by atoms with Crippen molar-refractivity contribution < 1.29 is 9.47 Å². The minimum absolute atomic E-state index is 0.566. The largest absolute Gasteiger partial charge is 0.491 e. The molecule has 0 spiro atoms. The summed E-state index contributed by atoms with van der Waals surface area (Å²) < 4.78 is 10.1. The average Bonchev–Trinajstić information content (AvgIpc) is 2.07. The molecule has 0 aliphatic rings. The van der Waals surface area contributed by atoms with Gasteiger partial charge in [0.25, 0.3) is 0 Å². The Kier molecular flexibility index (Phi) is 3.48. The van der Waals surface area contributed by atoms with Crippen LogP contribution < -0.4 is 4.74 Å². The topological polar surface area (TPSA) is 18.5 Å². The predicted molar refractivity (Wildman–Crippen MR) is 41.5 cm³/mol. The molecule has 2 nitrogen and oxygen atoms in total. The van der Waals surface area contributed by atoms with E-state index in [-0.39, 0.29) is 0 Å². The van der Waals surface area contributed by atoms with Crippen LogP contribution in [0, 0.1) is 12.1 Å². The third-order valence-electron chi connectivity index (χ3n) is 1.17. The smallest absolute Gasteiger partial charge is 0.127 e. The highest BCUT2D eigenvalue weighted by atomic mass is 16.5.